The van der Waals surface area contributed by atoms with Crippen molar-refractivity contribution in [1.29, 1.82) is 0 Å². The Morgan fingerprint density at radius 3 is 2.69 bits per heavy atom. The van der Waals surface area contributed by atoms with Crippen LogP contribution in [0.5, 0.6) is 0 Å². The number of piperidine rings is 1. The molecule has 1 aliphatic rings. The summed E-state index contributed by atoms with van der Waals surface area (Å²) in [5, 5.41) is 1.28. The average molecular weight is 346 g/mol. The van der Waals surface area contributed by atoms with Crippen LogP contribution in [0.4, 0.5) is 0 Å². The van der Waals surface area contributed by atoms with Crippen molar-refractivity contribution >= 4 is 16.7 Å². The highest BCUT2D eigenvalue weighted by Crippen LogP contribution is 2.32. The van der Waals surface area contributed by atoms with Gasteiger partial charge in [-0.15, -0.1) is 0 Å². The van der Waals surface area contributed by atoms with Crippen molar-refractivity contribution in [2.24, 2.45) is 0 Å². The maximum Gasteiger partial charge on any atom is 0.162 e. The van der Waals surface area contributed by atoms with E-state index in [1.54, 1.807) is 0 Å². The van der Waals surface area contributed by atoms with Crippen LogP contribution in [0.2, 0.25) is 0 Å². The van der Waals surface area contributed by atoms with Gasteiger partial charge in [-0.05, 0) is 49.9 Å². The summed E-state index contributed by atoms with van der Waals surface area (Å²) in [6.07, 6.45) is 5.27. The van der Waals surface area contributed by atoms with Crippen LogP contribution in [0.1, 0.15) is 54.2 Å². The fourth-order valence-electron chi connectivity index (χ4n) is 4.10. The lowest BCUT2D eigenvalue weighted by Gasteiger charge is -2.35. The second-order valence-electron chi connectivity index (χ2n) is 7.25. The molecule has 26 heavy (non-hydrogen) atoms. The molecule has 4 rings (SSSR count). The van der Waals surface area contributed by atoms with Gasteiger partial charge in [0, 0.05) is 29.2 Å². The highest BCUT2D eigenvalue weighted by molar-refractivity contribution is 5.95. The molecule has 1 N–H and O–H groups in total. The second kappa shape index (κ2) is 7.88. The summed E-state index contributed by atoms with van der Waals surface area (Å²) in [4.78, 5) is 18.5. The highest BCUT2D eigenvalue weighted by Gasteiger charge is 2.25. The number of carbonyl (C=O) groups excluding carboxylic acids is 1. The molecule has 1 fully saturated rings. The minimum Gasteiger partial charge on any atom is -0.357 e. The highest BCUT2D eigenvalue weighted by atomic mass is 16.1. The van der Waals surface area contributed by atoms with Crippen molar-refractivity contribution in [3.05, 3.63) is 71.9 Å². The molecule has 1 aliphatic heterocycles. The van der Waals surface area contributed by atoms with Gasteiger partial charge in [0.2, 0.25) is 0 Å². The maximum absolute atomic E-state index is 12.3. The molecule has 3 heteroatoms. The molecule has 0 spiro atoms. The van der Waals surface area contributed by atoms with Crippen LogP contribution in [-0.2, 0) is 0 Å². The minimum absolute atomic E-state index is 0.254. The molecule has 0 bridgehead atoms. The Hall–Kier alpha value is -2.39. The Bertz CT molecular complexity index is 835. The number of carbonyl (C=O) groups is 1. The van der Waals surface area contributed by atoms with E-state index >= 15 is 0 Å². The zero-order valence-electron chi connectivity index (χ0n) is 15.2. The van der Waals surface area contributed by atoms with E-state index in [0.717, 1.165) is 25.1 Å². The van der Waals surface area contributed by atoms with Gasteiger partial charge in [0.25, 0.3) is 0 Å². The van der Waals surface area contributed by atoms with Crippen molar-refractivity contribution in [2.75, 3.05) is 13.1 Å². The van der Waals surface area contributed by atoms with E-state index in [2.05, 4.69) is 40.2 Å². The number of benzene rings is 2. The lowest BCUT2D eigenvalue weighted by atomic mass is 9.98. The van der Waals surface area contributed by atoms with Gasteiger partial charge in [-0.3, -0.25) is 9.69 Å². The van der Waals surface area contributed by atoms with Crippen LogP contribution in [0.15, 0.2) is 60.7 Å². The number of rotatable bonds is 6. The predicted octanol–water partition coefficient (Wildman–Crippen LogP) is 5.36. The summed E-state index contributed by atoms with van der Waals surface area (Å²) in [7, 11) is 0. The van der Waals surface area contributed by atoms with Gasteiger partial charge in [-0.1, -0.05) is 55.0 Å². The van der Waals surface area contributed by atoms with Crippen molar-refractivity contribution in [1.82, 2.24) is 9.88 Å². The van der Waals surface area contributed by atoms with Crippen molar-refractivity contribution in [3.8, 4) is 0 Å². The van der Waals surface area contributed by atoms with Crippen molar-refractivity contribution in [2.45, 2.75) is 38.1 Å². The van der Waals surface area contributed by atoms with E-state index in [4.69, 9.17) is 0 Å². The number of H-pyrrole nitrogens is 1. The number of fused-ring (bicyclic) bond motifs is 1. The van der Waals surface area contributed by atoms with E-state index in [0.29, 0.717) is 12.5 Å². The first kappa shape index (κ1) is 17.0. The first-order valence-corrected chi connectivity index (χ1v) is 9.71. The quantitative estimate of drug-likeness (QED) is 0.610. The van der Waals surface area contributed by atoms with Gasteiger partial charge in [0.15, 0.2) is 5.78 Å². The van der Waals surface area contributed by atoms with Gasteiger partial charge < -0.3 is 4.98 Å². The molecular weight excluding hydrogens is 320 g/mol. The third-order valence-electron chi connectivity index (χ3n) is 5.47. The Balaban J connectivity index is 1.40. The lowest BCUT2D eigenvalue weighted by Crippen LogP contribution is -2.34. The first-order chi connectivity index (χ1) is 12.8. The lowest BCUT2D eigenvalue weighted by molar-refractivity contribution is 0.0960. The van der Waals surface area contributed by atoms with Crippen LogP contribution in [0, 0.1) is 0 Å². The zero-order chi connectivity index (χ0) is 17.8. The summed E-state index contributed by atoms with van der Waals surface area (Å²) < 4.78 is 0. The third kappa shape index (κ3) is 3.73. The molecule has 3 nitrogen and oxygen atoms in total. The molecule has 0 amide bonds. The SMILES string of the molecule is O=C(CCCN1CCCCC1c1cc2ccccc2[nH]1)c1ccccc1. The summed E-state index contributed by atoms with van der Waals surface area (Å²) in [5.41, 5.74) is 3.37. The van der Waals surface area contributed by atoms with Gasteiger partial charge in [0.1, 0.15) is 0 Å². The van der Waals surface area contributed by atoms with Crippen LogP contribution < -0.4 is 0 Å². The molecule has 0 aliphatic carbocycles. The van der Waals surface area contributed by atoms with E-state index < -0.39 is 0 Å². The number of aromatic nitrogens is 1. The van der Waals surface area contributed by atoms with E-state index in [1.165, 1.54) is 35.9 Å². The average Bonchev–Trinajstić information content (AvgIpc) is 3.13. The number of nitrogens with zero attached hydrogens (tertiary/aromatic N) is 1. The maximum atomic E-state index is 12.3. The monoisotopic (exact) mass is 346 g/mol. The first-order valence-electron chi connectivity index (χ1n) is 9.71. The number of aromatic amines is 1. The summed E-state index contributed by atoms with van der Waals surface area (Å²) in [6.45, 7) is 2.11. The van der Waals surface area contributed by atoms with Crippen LogP contribution in [0.3, 0.4) is 0 Å². The van der Waals surface area contributed by atoms with Gasteiger partial charge in [-0.2, -0.15) is 0 Å². The Labute approximate surface area is 155 Å². The molecule has 1 saturated heterocycles. The molecular formula is C23H26N2O. The molecule has 0 radical (unpaired) electrons. The molecule has 1 atom stereocenters. The largest absolute Gasteiger partial charge is 0.357 e. The molecule has 2 aromatic carbocycles. The number of nitrogens with one attached hydrogen (secondary N) is 1. The number of hydrogen-bond acceptors (Lipinski definition) is 2. The second-order valence-corrected chi connectivity index (χ2v) is 7.25. The van der Waals surface area contributed by atoms with Crippen molar-refractivity contribution < 1.29 is 4.79 Å². The van der Waals surface area contributed by atoms with Gasteiger partial charge in [0.05, 0.1) is 0 Å². The number of ketones is 1. The molecule has 1 aromatic heterocycles. The van der Waals surface area contributed by atoms with Crippen LogP contribution in [0.25, 0.3) is 10.9 Å². The number of likely N-dealkylation sites (tertiary alicyclic amines) is 1. The van der Waals surface area contributed by atoms with Crippen molar-refractivity contribution in [3.63, 3.8) is 0 Å². The normalized spacial score (nSPS) is 18.2. The molecule has 0 saturated carbocycles. The number of Topliss-reactive ketones (excluding diaryl/α,β-unsaturated/α-hetero) is 1. The fourth-order valence-corrected chi connectivity index (χ4v) is 4.10. The number of para-hydroxylation sites is 1. The fraction of sp³-hybridized carbons (Fsp3) is 0.348. The number of hydrogen-bond donors (Lipinski definition) is 1. The topological polar surface area (TPSA) is 36.1 Å². The van der Waals surface area contributed by atoms with Gasteiger partial charge >= 0.3 is 0 Å². The third-order valence-corrected chi connectivity index (χ3v) is 5.47. The standard InChI is InChI=1S/C23H26N2O/c26-23(18-9-2-1-3-10-18)14-8-16-25-15-7-6-13-22(25)21-17-19-11-4-5-12-20(19)24-21/h1-5,9-12,17,22,24H,6-8,13-16H2. The van der Waals surface area contributed by atoms with E-state index in [9.17, 15) is 4.79 Å². The summed E-state index contributed by atoms with van der Waals surface area (Å²) in [5.74, 6) is 0.254. The summed E-state index contributed by atoms with van der Waals surface area (Å²) >= 11 is 0. The van der Waals surface area contributed by atoms with Crippen LogP contribution in [-0.4, -0.2) is 28.8 Å². The predicted molar refractivity (Wildman–Crippen MR) is 106 cm³/mol. The Kier molecular flexibility index (Phi) is 5.16. The smallest absolute Gasteiger partial charge is 0.162 e. The minimum atomic E-state index is 0.254. The van der Waals surface area contributed by atoms with E-state index in [1.807, 2.05) is 30.3 Å². The zero-order valence-corrected chi connectivity index (χ0v) is 15.2. The Morgan fingerprint density at radius 1 is 1.04 bits per heavy atom. The van der Waals surface area contributed by atoms with Crippen LogP contribution >= 0.6 is 0 Å². The van der Waals surface area contributed by atoms with E-state index in [-0.39, 0.29) is 5.78 Å². The molecule has 1 unspecified atom stereocenters. The molecule has 3 aromatic rings. The van der Waals surface area contributed by atoms with Gasteiger partial charge in [-0.25, -0.2) is 0 Å². The molecule has 2 heterocycles. The molecule has 134 valence electrons. The summed E-state index contributed by atoms with van der Waals surface area (Å²) in [6, 6.07) is 20.9. The Morgan fingerprint density at radius 2 is 1.85 bits per heavy atom.